The summed E-state index contributed by atoms with van der Waals surface area (Å²) in [6.07, 6.45) is 9.82. The first kappa shape index (κ1) is 10.3. The molecule has 0 amide bonds. The Morgan fingerprint density at radius 2 is 2.38 bits per heavy atom. The summed E-state index contributed by atoms with van der Waals surface area (Å²) in [6.45, 7) is 0.903. The minimum atomic E-state index is 0.422. The standard InChI is InChI=1S/C10H9N5O/c1-2-3-11-7-9-14-10(15-16-9)8-6-12-4-5-13-8/h1,4-6,11H,3,7H2. The second kappa shape index (κ2) is 5.00. The van der Waals surface area contributed by atoms with E-state index in [1.54, 1.807) is 18.6 Å². The van der Waals surface area contributed by atoms with Crippen molar-refractivity contribution in [1.82, 2.24) is 25.4 Å². The van der Waals surface area contributed by atoms with Gasteiger partial charge in [0.15, 0.2) is 0 Å². The molecular weight excluding hydrogens is 206 g/mol. The molecule has 2 aromatic heterocycles. The van der Waals surface area contributed by atoms with Crippen molar-refractivity contribution < 1.29 is 4.52 Å². The zero-order valence-corrected chi connectivity index (χ0v) is 8.42. The highest BCUT2D eigenvalue weighted by atomic mass is 16.5. The van der Waals surface area contributed by atoms with Crippen LogP contribution in [-0.4, -0.2) is 26.7 Å². The number of aromatic nitrogens is 4. The van der Waals surface area contributed by atoms with E-state index in [9.17, 15) is 0 Å². The van der Waals surface area contributed by atoms with Gasteiger partial charge >= 0.3 is 0 Å². The molecule has 1 N–H and O–H groups in total. The van der Waals surface area contributed by atoms with Gasteiger partial charge in [-0.15, -0.1) is 6.42 Å². The van der Waals surface area contributed by atoms with Crippen LogP contribution in [0.2, 0.25) is 0 Å². The van der Waals surface area contributed by atoms with Crippen LogP contribution in [0.1, 0.15) is 5.89 Å². The third kappa shape index (κ3) is 2.40. The Balaban J connectivity index is 2.06. The van der Waals surface area contributed by atoms with Crippen molar-refractivity contribution in [1.29, 1.82) is 0 Å². The number of terminal acetylenes is 1. The average Bonchev–Trinajstić information content (AvgIpc) is 2.79. The van der Waals surface area contributed by atoms with Crippen molar-refractivity contribution in [3.05, 3.63) is 24.5 Å². The smallest absolute Gasteiger partial charge is 0.240 e. The first-order chi connectivity index (χ1) is 7.90. The van der Waals surface area contributed by atoms with Gasteiger partial charge in [0.1, 0.15) is 5.69 Å². The van der Waals surface area contributed by atoms with Crippen molar-refractivity contribution >= 4 is 0 Å². The monoisotopic (exact) mass is 215 g/mol. The van der Waals surface area contributed by atoms with Gasteiger partial charge in [0.05, 0.1) is 19.3 Å². The van der Waals surface area contributed by atoms with Crippen LogP contribution < -0.4 is 5.32 Å². The third-order valence-corrected chi connectivity index (χ3v) is 1.76. The molecule has 0 saturated carbocycles. The van der Waals surface area contributed by atoms with E-state index in [4.69, 9.17) is 10.9 Å². The molecule has 6 heteroatoms. The van der Waals surface area contributed by atoms with Crippen LogP contribution in [0.15, 0.2) is 23.1 Å². The lowest BCUT2D eigenvalue weighted by Crippen LogP contribution is -2.13. The molecule has 2 heterocycles. The first-order valence-electron chi connectivity index (χ1n) is 4.63. The second-order valence-corrected chi connectivity index (χ2v) is 2.91. The Kier molecular flexibility index (Phi) is 3.21. The van der Waals surface area contributed by atoms with E-state index in [2.05, 4.69) is 31.3 Å². The number of nitrogens with zero attached hydrogens (tertiary/aromatic N) is 4. The van der Waals surface area contributed by atoms with Crippen molar-refractivity contribution in [2.24, 2.45) is 0 Å². The number of hydrogen-bond acceptors (Lipinski definition) is 6. The molecule has 0 aliphatic heterocycles. The van der Waals surface area contributed by atoms with Crippen molar-refractivity contribution in [2.75, 3.05) is 6.54 Å². The molecule has 16 heavy (non-hydrogen) atoms. The molecule has 2 rings (SSSR count). The lowest BCUT2D eigenvalue weighted by Gasteiger charge is -1.92. The van der Waals surface area contributed by atoms with Crippen molar-refractivity contribution in [3.8, 4) is 23.9 Å². The lowest BCUT2D eigenvalue weighted by molar-refractivity contribution is 0.370. The third-order valence-electron chi connectivity index (χ3n) is 1.76. The highest BCUT2D eigenvalue weighted by molar-refractivity contribution is 5.45. The highest BCUT2D eigenvalue weighted by Gasteiger charge is 2.08. The van der Waals surface area contributed by atoms with Gasteiger partial charge in [-0.1, -0.05) is 11.1 Å². The predicted molar refractivity (Wildman–Crippen MR) is 55.9 cm³/mol. The fourth-order valence-corrected chi connectivity index (χ4v) is 1.09. The van der Waals surface area contributed by atoms with E-state index in [0.717, 1.165) is 0 Å². The summed E-state index contributed by atoms with van der Waals surface area (Å²) in [5.74, 6) is 3.34. The molecular formula is C10H9N5O. The Labute approximate surface area is 92.1 Å². The van der Waals surface area contributed by atoms with Crippen LogP contribution in [0, 0.1) is 12.3 Å². The van der Waals surface area contributed by atoms with Gasteiger partial charge in [-0.2, -0.15) is 4.98 Å². The zero-order valence-electron chi connectivity index (χ0n) is 8.42. The molecule has 0 aliphatic rings. The van der Waals surface area contributed by atoms with Gasteiger partial charge in [0, 0.05) is 12.4 Å². The van der Waals surface area contributed by atoms with Gasteiger partial charge in [0.25, 0.3) is 0 Å². The summed E-state index contributed by atoms with van der Waals surface area (Å²) in [4.78, 5) is 12.1. The van der Waals surface area contributed by atoms with Crippen molar-refractivity contribution in [2.45, 2.75) is 6.54 Å². The van der Waals surface area contributed by atoms with Crippen LogP contribution in [-0.2, 0) is 6.54 Å². The van der Waals surface area contributed by atoms with Gasteiger partial charge in [-0.25, -0.2) is 4.98 Å². The van der Waals surface area contributed by atoms with Gasteiger partial charge < -0.3 is 4.52 Å². The summed E-state index contributed by atoms with van der Waals surface area (Å²) in [7, 11) is 0. The second-order valence-electron chi connectivity index (χ2n) is 2.91. The molecule has 0 aliphatic carbocycles. The van der Waals surface area contributed by atoms with Gasteiger partial charge in [-0.3, -0.25) is 10.3 Å². The van der Waals surface area contributed by atoms with Crippen LogP contribution >= 0.6 is 0 Å². The molecule has 0 bridgehead atoms. The highest BCUT2D eigenvalue weighted by Crippen LogP contribution is 2.10. The zero-order chi connectivity index (χ0) is 11.2. The minimum Gasteiger partial charge on any atom is -0.337 e. The minimum absolute atomic E-state index is 0.422. The van der Waals surface area contributed by atoms with Crippen LogP contribution in [0.3, 0.4) is 0 Å². The molecule has 6 nitrogen and oxygen atoms in total. The fraction of sp³-hybridized carbons (Fsp3) is 0.200. The Morgan fingerprint density at radius 3 is 3.12 bits per heavy atom. The maximum atomic E-state index is 5.09. The van der Waals surface area contributed by atoms with Crippen molar-refractivity contribution in [3.63, 3.8) is 0 Å². The summed E-state index contributed by atoms with van der Waals surface area (Å²) in [5.41, 5.74) is 0.578. The Hall–Kier alpha value is -2.26. The van der Waals surface area contributed by atoms with Crippen LogP contribution in [0.4, 0.5) is 0 Å². The Morgan fingerprint density at radius 1 is 1.44 bits per heavy atom. The molecule has 0 radical (unpaired) electrons. The largest absolute Gasteiger partial charge is 0.337 e. The summed E-state index contributed by atoms with van der Waals surface area (Å²) >= 11 is 0. The topological polar surface area (TPSA) is 76.7 Å². The van der Waals surface area contributed by atoms with E-state index in [1.165, 1.54) is 0 Å². The molecule has 0 unspecified atom stereocenters. The summed E-state index contributed by atoms with van der Waals surface area (Å²) in [6, 6.07) is 0. The van der Waals surface area contributed by atoms with E-state index in [0.29, 0.717) is 30.5 Å². The van der Waals surface area contributed by atoms with Gasteiger partial charge in [0.2, 0.25) is 11.7 Å². The van der Waals surface area contributed by atoms with E-state index >= 15 is 0 Å². The molecule has 80 valence electrons. The molecule has 2 aromatic rings. The number of hydrogen-bond donors (Lipinski definition) is 1. The van der Waals surface area contributed by atoms with E-state index in [1.807, 2.05) is 0 Å². The van der Waals surface area contributed by atoms with Gasteiger partial charge in [-0.05, 0) is 0 Å². The van der Waals surface area contributed by atoms with Crippen LogP contribution in [0.5, 0.6) is 0 Å². The van der Waals surface area contributed by atoms with Crippen LogP contribution in [0.25, 0.3) is 11.5 Å². The number of nitrogens with one attached hydrogen (secondary N) is 1. The number of rotatable bonds is 4. The molecule has 0 atom stereocenters. The predicted octanol–water partition coefficient (Wildman–Crippen LogP) is 0.249. The van der Waals surface area contributed by atoms with E-state index < -0.39 is 0 Å². The quantitative estimate of drug-likeness (QED) is 0.582. The first-order valence-corrected chi connectivity index (χ1v) is 4.63. The fourth-order valence-electron chi connectivity index (χ4n) is 1.09. The Bertz CT molecular complexity index is 487. The molecule has 0 aromatic carbocycles. The maximum Gasteiger partial charge on any atom is 0.240 e. The molecule has 0 fully saturated rings. The van der Waals surface area contributed by atoms with E-state index in [-0.39, 0.29) is 0 Å². The summed E-state index contributed by atoms with van der Waals surface area (Å²) in [5, 5.41) is 6.73. The normalized spacial score (nSPS) is 9.94. The lowest BCUT2D eigenvalue weighted by atomic mass is 10.4. The maximum absolute atomic E-state index is 5.09. The SMILES string of the molecule is C#CCNCc1nc(-c2cnccn2)no1. The molecule has 0 spiro atoms. The summed E-state index contributed by atoms with van der Waals surface area (Å²) < 4.78 is 5.01. The molecule has 0 saturated heterocycles. The average molecular weight is 215 g/mol.